The van der Waals surface area contributed by atoms with Gasteiger partial charge in [0.15, 0.2) is 0 Å². The second kappa shape index (κ2) is 6.14. The second-order valence-electron chi connectivity index (χ2n) is 5.59. The summed E-state index contributed by atoms with van der Waals surface area (Å²) >= 11 is 5.83. The number of rotatable bonds is 3. The number of hydrogen-bond donors (Lipinski definition) is 1. The van der Waals surface area contributed by atoms with Crippen LogP contribution < -0.4 is 5.73 Å². The smallest absolute Gasteiger partial charge is 0.146 e. The highest BCUT2D eigenvalue weighted by atomic mass is 35.5. The first kappa shape index (κ1) is 14.5. The van der Waals surface area contributed by atoms with E-state index < -0.39 is 0 Å². The summed E-state index contributed by atoms with van der Waals surface area (Å²) in [6.07, 6.45) is 0. The summed E-state index contributed by atoms with van der Waals surface area (Å²) in [5.74, 6) is -0.0238. The molecule has 110 valence electrons. The van der Waals surface area contributed by atoms with E-state index in [1.807, 2.05) is 18.2 Å². The Morgan fingerprint density at radius 1 is 1.10 bits per heavy atom. The summed E-state index contributed by atoms with van der Waals surface area (Å²) in [6, 6.07) is 15.5. The van der Waals surface area contributed by atoms with Gasteiger partial charge in [0, 0.05) is 37.2 Å². The second-order valence-corrected chi connectivity index (χ2v) is 6.00. The number of nitrogens with two attached hydrogens (primary N) is 1. The zero-order valence-electron chi connectivity index (χ0n) is 11.7. The molecule has 0 amide bonds. The highest BCUT2D eigenvalue weighted by Gasteiger charge is 2.31. The number of likely N-dealkylation sites (tertiary alicyclic amines) is 1. The van der Waals surface area contributed by atoms with Crippen LogP contribution in [0.2, 0.25) is 5.02 Å². The van der Waals surface area contributed by atoms with E-state index in [4.69, 9.17) is 17.3 Å². The van der Waals surface area contributed by atoms with Crippen LogP contribution in [0.5, 0.6) is 0 Å². The summed E-state index contributed by atoms with van der Waals surface area (Å²) in [5, 5.41) is 0.176. The van der Waals surface area contributed by atoms with Crippen molar-refractivity contribution in [2.45, 2.75) is 18.5 Å². The lowest BCUT2D eigenvalue weighted by atomic mass is 9.95. The van der Waals surface area contributed by atoms with Gasteiger partial charge in [-0.2, -0.15) is 0 Å². The highest BCUT2D eigenvalue weighted by Crippen LogP contribution is 2.28. The van der Waals surface area contributed by atoms with E-state index in [-0.39, 0.29) is 16.9 Å². The van der Waals surface area contributed by atoms with Crippen molar-refractivity contribution in [3.8, 4) is 0 Å². The molecule has 0 spiro atoms. The molecule has 0 radical (unpaired) electrons. The molecule has 0 aromatic heterocycles. The lowest BCUT2D eigenvalue weighted by Gasteiger charge is -2.16. The molecule has 2 aromatic rings. The predicted molar refractivity (Wildman–Crippen MR) is 83.8 cm³/mol. The molecule has 0 aliphatic carbocycles. The molecule has 3 rings (SSSR count). The van der Waals surface area contributed by atoms with Crippen molar-refractivity contribution in [2.24, 2.45) is 5.73 Å². The lowest BCUT2D eigenvalue weighted by molar-refractivity contribution is 0.318. The minimum Gasteiger partial charge on any atom is -0.326 e. The van der Waals surface area contributed by atoms with Gasteiger partial charge in [0.2, 0.25) is 0 Å². The van der Waals surface area contributed by atoms with E-state index in [0.29, 0.717) is 18.0 Å². The van der Waals surface area contributed by atoms with E-state index >= 15 is 0 Å². The SMILES string of the molecule is N[C@@H]1CN(Cc2cccc(Cl)c2F)C[C@H]1c1ccccc1. The molecule has 21 heavy (non-hydrogen) atoms. The van der Waals surface area contributed by atoms with E-state index in [9.17, 15) is 4.39 Å². The maximum Gasteiger partial charge on any atom is 0.146 e. The predicted octanol–water partition coefficient (Wildman–Crippen LogP) is 3.41. The molecule has 0 bridgehead atoms. The molecule has 1 aliphatic heterocycles. The molecule has 1 aliphatic rings. The summed E-state index contributed by atoms with van der Waals surface area (Å²) in [6.45, 7) is 2.16. The van der Waals surface area contributed by atoms with Crippen molar-refractivity contribution >= 4 is 11.6 Å². The fourth-order valence-electron chi connectivity index (χ4n) is 3.01. The maximum atomic E-state index is 14.0. The molecule has 1 fully saturated rings. The van der Waals surface area contributed by atoms with E-state index in [2.05, 4.69) is 17.0 Å². The molecule has 2 aromatic carbocycles. The third-order valence-electron chi connectivity index (χ3n) is 4.09. The molecule has 2 nitrogen and oxygen atoms in total. The van der Waals surface area contributed by atoms with Crippen LogP contribution in [0.1, 0.15) is 17.0 Å². The fourth-order valence-corrected chi connectivity index (χ4v) is 3.20. The van der Waals surface area contributed by atoms with Crippen molar-refractivity contribution in [3.63, 3.8) is 0 Å². The van der Waals surface area contributed by atoms with Crippen LogP contribution >= 0.6 is 11.6 Å². The Morgan fingerprint density at radius 3 is 2.62 bits per heavy atom. The molecule has 1 saturated heterocycles. The first-order chi connectivity index (χ1) is 10.1. The maximum absolute atomic E-state index is 14.0. The molecule has 0 saturated carbocycles. The molecule has 4 heteroatoms. The largest absolute Gasteiger partial charge is 0.326 e. The van der Waals surface area contributed by atoms with Crippen molar-refractivity contribution < 1.29 is 4.39 Å². The topological polar surface area (TPSA) is 29.3 Å². The molecule has 0 unspecified atom stereocenters. The van der Waals surface area contributed by atoms with Gasteiger partial charge in [-0.15, -0.1) is 0 Å². The van der Waals surface area contributed by atoms with Crippen molar-refractivity contribution in [3.05, 3.63) is 70.5 Å². The van der Waals surface area contributed by atoms with Crippen LogP contribution in [0.25, 0.3) is 0 Å². The average molecular weight is 305 g/mol. The molecular formula is C17H18ClFN2. The van der Waals surface area contributed by atoms with E-state index in [1.165, 1.54) is 5.56 Å². The van der Waals surface area contributed by atoms with Crippen LogP contribution in [0, 0.1) is 5.82 Å². The van der Waals surface area contributed by atoms with Crippen molar-refractivity contribution in [1.29, 1.82) is 0 Å². The van der Waals surface area contributed by atoms with Gasteiger partial charge in [-0.3, -0.25) is 4.90 Å². The number of benzene rings is 2. The molecular weight excluding hydrogens is 287 g/mol. The van der Waals surface area contributed by atoms with Gasteiger partial charge in [0.1, 0.15) is 5.82 Å². The minimum atomic E-state index is -0.323. The number of hydrogen-bond acceptors (Lipinski definition) is 2. The molecule has 1 heterocycles. The van der Waals surface area contributed by atoms with Crippen LogP contribution in [0.15, 0.2) is 48.5 Å². The van der Waals surface area contributed by atoms with Gasteiger partial charge in [-0.1, -0.05) is 54.1 Å². The third-order valence-corrected chi connectivity index (χ3v) is 4.39. The number of nitrogens with zero attached hydrogens (tertiary/aromatic N) is 1. The third kappa shape index (κ3) is 3.10. The zero-order chi connectivity index (χ0) is 14.8. The number of halogens is 2. The van der Waals surface area contributed by atoms with Crippen LogP contribution in [-0.4, -0.2) is 24.0 Å². The normalized spacial score (nSPS) is 22.6. The van der Waals surface area contributed by atoms with Gasteiger partial charge >= 0.3 is 0 Å². The first-order valence-corrected chi connectivity index (χ1v) is 7.48. The Balaban J connectivity index is 1.73. The zero-order valence-corrected chi connectivity index (χ0v) is 12.4. The average Bonchev–Trinajstić information content (AvgIpc) is 2.86. The molecule has 2 atom stereocenters. The first-order valence-electron chi connectivity index (χ1n) is 7.11. The minimum absolute atomic E-state index is 0.0784. The van der Waals surface area contributed by atoms with Crippen molar-refractivity contribution in [2.75, 3.05) is 13.1 Å². The van der Waals surface area contributed by atoms with Gasteiger partial charge in [0.05, 0.1) is 5.02 Å². The van der Waals surface area contributed by atoms with Gasteiger partial charge in [-0.05, 0) is 11.6 Å². The van der Waals surface area contributed by atoms with Crippen LogP contribution in [-0.2, 0) is 6.54 Å². The Morgan fingerprint density at radius 2 is 1.86 bits per heavy atom. The summed E-state index contributed by atoms with van der Waals surface area (Å²) in [4.78, 5) is 2.19. The fraction of sp³-hybridized carbons (Fsp3) is 0.294. The Bertz CT molecular complexity index is 617. The Hall–Kier alpha value is -1.42. The molecule has 2 N–H and O–H groups in total. The Labute approximate surface area is 129 Å². The lowest BCUT2D eigenvalue weighted by Crippen LogP contribution is -2.28. The summed E-state index contributed by atoms with van der Waals surface area (Å²) < 4.78 is 14.0. The highest BCUT2D eigenvalue weighted by molar-refractivity contribution is 6.30. The van der Waals surface area contributed by atoms with Gasteiger partial charge in [-0.25, -0.2) is 4.39 Å². The quantitative estimate of drug-likeness (QED) is 0.941. The van der Waals surface area contributed by atoms with E-state index in [1.54, 1.807) is 18.2 Å². The monoisotopic (exact) mass is 304 g/mol. The van der Waals surface area contributed by atoms with E-state index in [0.717, 1.165) is 13.1 Å². The van der Waals surface area contributed by atoms with Crippen LogP contribution in [0.3, 0.4) is 0 Å². The summed E-state index contributed by atoms with van der Waals surface area (Å²) in [7, 11) is 0. The van der Waals surface area contributed by atoms with Gasteiger partial charge < -0.3 is 5.73 Å². The van der Waals surface area contributed by atoms with Crippen LogP contribution in [0.4, 0.5) is 4.39 Å². The standard InChI is InChI=1S/C17H18ClFN2/c18-15-8-4-7-13(17(15)19)9-21-10-14(16(20)11-21)12-5-2-1-3-6-12/h1-8,14,16H,9-11,20H2/t14-,16+/m0/s1. The summed E-state index contributed by atoms with van der Waals surface area (Å²) in [5.41, 5.74) is 8.14. The Kier molecular flexibility index (Phi) is 4.24. The van der Waals surface area contributed by atoms with Gasteiger partial charge in [0.25, 0.3) is 0 Å². The van der Waals surface area contributed by atoms with Crippen molar-refractivity contribution in [1.82, 2.24) is 4.90 Å².